The van der Waals surface area contributed by atoms with E-state index in [-0.39, 0.29) is 5.82 Å². The molecule has 2 aliphatic rings. The predicted molar refractivity (Wildman–Crippen MR) is 133 cm³/mol. The van der Waals surface area contributed by atoms with Crippen molar-refractivity contribution >= 4 is 40.7 Å². The van der Waals surface area contributed by atoms with Crippen LogP contribution in [0.1, 0.15) is 37.9 Å². The van der Waals surface area contributed by atoms with Gasteiger partial charge in [0.2, 0.25) is 11.8 Å². The number of primary amides is 1. The van der Waals surface area contributed by atoms with Crippen LogP contribution in [0.4, 0.5) is 10.7 Å². The van der Waals surface area contributed by atoms with Crippen LogP contribution in [0, 0.1) is 11.3 Å². The molecular formula is C24H28ClN7O3. The molecule has 11 heteroatoms. The Morgan fingerprint density at radius 3 is 2.66 bits per heavy atom. The Balaban J connectivity index is 1.71. The third-order valence-corrected chi connectivity index (χ3v) is 6.78. The van der Waals surface area contributed by atoms with Crippen molar-refractivity contribution in [2.24, 2.45) is 11.7 Å². The van der Waals surface area contributed by atoms with Gasteiger partial charge >= 0.3 is 6.09 Å². The van der Waals surface area contributed by atoms with Crippen LogP contribution in [-0.4, -0.2) is 57.8 Å². The number of fused-ring (bicyclic) bond motifs is 1. The number of hydrogen-bond donors (Lipinski definition) is 2. The van der Waals surface area contributed by atoms with Gasteiger partial charge in [0, 0.05) is 30.2 Å². The lowest BCUT2D eigenvalue weighted by Crippen LogP contribution is -2.38. The molecule has 1 amide bonds. The highest BCUT2D eigenvalue weighted by atomic mass is 35.5. The first-order valence-corrected chi connectivity index (χ1v) is 12.3. The third-order valence-electron chi connectivity index (χ3n) is 6.55. The molecule has 5 rings (SSSR count). The summed E-state index contributed by atoms with van der Waals surface area (Å²) in [4.78, 5) is 27.6. The number of halogens is 1. The molecule has 0 bridgehead atoms. The highest BCUT2D eigenvalue weighted by Gasteiger charge is 2.27. The molecule has 1 saturated carbocycles. The summed E-state index contributed by atoms with van der Waals surface area (Å²) in [5.41, 5.74) is 7.67. The van der Waals surface area contributed by atoms with Gasteiger partial charge in [0.25, 0.3) is 5.90 Å². The van der Waals surface area contributed by atoms with E-state index in [1.54, 1.807) is 6.07 Å². The molecule has 35 heavy (non-hydrogen) atoms. The average molecular weight is 498 g/mol. The number of imidazole rings is 1. The second-order valence-electron chi connectivity index (χ2n) is 8.95. The summed E-state index contributed by atoms with van der Waals surface area (Å²) in [5, 5.41) is 8.72. The number of nitrogens with two attached hydrogens (primary N) is 1. The summed E-state index contributed by atoms with van der Waals surface area (Å²) >= 11 is 6.32. The van der Waals surface area contributed by atoms with Gasteiger partial charge in [0.05, 0.1) is 13.2 Å². The Morgan fingerprint density at radius 2 is 1.94 bits per heavy atom. The second-order valence-corrected chi connectivity index (χ2v) is 9.39. The molecule has 3 aromatic rings. The monoisotopic (exact) mass is 497 g/mol. The average Bonchev–Trinajstić information content (AvgIpc) is 3.22. The number of rotatable bonds is 5. The minimum atomic E-state index is -1.10. The van der Waals surface area contributed by atoms with Gasteiger partial charge in [0.1, 0.15) is 11.2 Å². The van der Waals surface area contributed by atoms with E-state index in [1.165, 1.54) is 32.1 Å². The number of ether oxygens (including phenoxy) is 2. The Hall–Kier alpha value is -3.24. The van der Waals surface area contributed by atoms with Crippen LogP contribution >= 0.6 is 11.6 Å². The van der Waals surface area contributed by atoms with Gasteiger partial charge in [-0.05, 0) is 30.9 Å². The predicted octanol–water partition coefficient (Wildman–Crippen LogP) is 3.98. The highest BCUT2D eigenvalue weighted by Crippen LogP contribution is 2.34. The number of nitrogens with one attached hydrogen (secondary N) is 1. The molecule has 3 N–H and O–H groups in total. The summed E-state index contributed by atoms with van der Waals surface area (Å²) in [6, 6.07) is 7.36. The van der Waals surface area contributed by atoms with E-state index in [2.05, 4.69) is 19.4 Å². The summed E-state index contributed by atoms with van der Waals surface area (Å²) < 4.78 is 12.6. The zero-order chi connectivity index (χ0) is 24.4. The fourth-order valence-electron chi connectivity index (χ4n) is 4.92. The van der Waals surface area contributed by atoms with Crippen molar-refractivity contribution in [3.8, 4) is 11.3 Å². The van der Waals surface area contributed by atoms with Crippen molar-refractivity contribution < 1.29 is 14.3 Å². The molecule has 0 spiro atoms. The standard InChI is InChI=1S/C24H28ClN7O3/c25-17-8-4-7-16(13-17)18-19-21(29-22(28-18)20(26)35-23(27)33)30-24(31-9-11-34-12-10-31)32(19)14-15-5-2-1-3-6-15/h4,7-8,13,15,26H,1-3,5-6,9-12,14H2,(H2,27,33). The molecule has 1 saturated heterocycles. The molecule has 184 valence electrons. The van der Waals surface area contributed by atoms with Gasteiger partial charge in [-0.15, -0.1) is 0 Å². The number of aromatic nitrogens is 4. The topological polar surface area (TPSA) is 132 Å². The minimum absolute atomic E-state index is 0.0675. The van der Waals surface area contributed by atoms with E-state index in [9.17, 15) is 4.79 Å². The molecule has 1 aliphatic carbocycles. The summed E-state index contributed by atoms with van der Waals surface area (Å²) in [6.45, 7) is 3.50. The van der Waals surface area contributed by atoms with Crippen LogP contribution in [0.5, 0.6) is 0 Å². The molecule has 1 aliphatic heterocycles. The van der Waals surface area contributed by atoms with Crippen LogP contribution in [0.25, 0.3) is 22.4 Å². The van der Waals surface area contributed by atoms with Gasteiger partial charge in [-0.2, -0.15) is 4.98 Å². The Labute approximate surface area is 207 Å². The van der Waals surface area contributed by atoms with Crippen LogP contribution in [0.2, 0.25) is 5.02 Å². The van der Waals surface area contributed by atoms with E-state index in [4.69, 9.17) is 37.2 Å². The number of carbonyl (C=O) groups excluding carboxylic acids is 1. The molecule has 1 aromatic carbocycles. The maximum atomic E-state index is 11.3. The smallest absolute Gasteiger partial charge is 0.388 e. The van der Waals surface area contributed by atoms with Gasteiger partial charge in [-0.1, -0.05) is 43.0 Å². The number of amides is 1. The molecule has 0 atom stereocenters. The van der Waals surface area contributed by atoms with Crippen LogP contribution < -0.4 is 10.6 Å². The SMILES string of the molecule is N=C(OC(N)=O)c1nc(-c2cccc(Cl)c2)c2c(n1)nc(N1CCOCC1)n2CC1CCCCC1. The summed E-state index contributed by atoms with van der Waals surface area (Å²) in [6.07, 6.45) is 4.98. The molecule has 2 aromatic heterocycles. The zero-order valence-electron chi connectivity index (χ0n) is 19.4. The van der Waals surface area contributed by atoms with Gasteiger partial charge in [-0.3, -0.25) is 5.41 Å². The van der Waals surface area contributed by atoms with Crippen LogP contribution in [-0.2, 0) is 16.0 Å². The largest absolute Gasteiger partial charge is 0.411 e. The lowest BCUT2D eigenvalue weighted by Gasteiger charge is -2.30. The normalized spacial score (nSPS) is 17.0. The number of morpholine rings is 1. The number of benzene rings is 1. The van der Waals surface area contributed by atoms with Crippen molar-refractivity contribution in [3.63, 3.8) is 0 Å². The minimum Gasteiger partial charge on any atom is -0.388 e. The fourth-order valence-corrected chi connectivity index (χ4v) is 5.11. The van der Waals surface area contributed by atoms with Crippen LogP contribution in [0.15, 0.2) is 24.3 Å². The maximum absolute atomic E-state index is 11.3. The second kappa shape index (κ2) is 10.2. The molecule has 0 unspecified atom stereocenters. The quantitative estimate of drug-likeness (QED) is 0.402. The van der Waals surface area contributed by atoms with E-state index < -0.39 is 12.0 Å². The zero-order valence-corrected chi connectivity index (χ0v) is 20.1. The fraction of sp³-hybridized carbons (Fsp3) is 0.458. The van der Waals surface area contributed by atoms with E-state index in [0.29, 0.717) is 35.5 Å². The lowest BCUT2D eigenvalue weighted by atomic mass is 9.89. The van der Waals surface area contributed by atoms with E-state index in [1.807, 2.05) is 18.2 Å². The van der Waals surface area contributed by atoms with Gasteiger partial charge in [0.15, 0.2) is 5.65 Å². The lowest BCUT2D eigenvalue weighted by molar-refractivity contribution is 0.121. The number of nitrogens with zero attached hydrogens (tertiary/aromatic N) is 5. The molecule has 3 heterocycles. The Kier molecular flexibility index (Phi) is 6.83. The number of carbonyl (C=O) groups is 1. The first-order valence-electron chi connectivity index (χ1n) is 11.9. The van der Waals surface area contributed by atoms with Gasteiger partial charge < -0.3 is 24.7 Å². The Morgan fingerprint density at radius 1 is 1.17 bits per heavy atom. The molecule has 2 fully saturated rings. The van der Waals surface area contributed by atoms with Crippen molar-refractivity contribution in [1.82, 2.24) is 19.5 Å². The number of hydrogen-bond acceptors (Lipinski definition) is 8. The van der Waals surface area contributed by atoms with Gasteiger partial charge in [-0.25, -0.2) is 14.8 Å². The first-order chi connectivity index (χ1) is 17.0. The number of anilines is 1. The Bertz CT molecular complexity index is 1250. The van der Waals surface area contributed by atoms with Crippen molar-refractivity contribution in [3.05, 3.63) is 35.1 Å². The first kappa shape index (κ1) is 23.5. The van der Waals surface area contributed by atoms with Crippen molar-refractivity contribution in [2.45, 2.75) is 38.6 Å². The van der Waals surface area contributed by atoms with Crippen LogP contribution in [0.3, 0.4) is 0 Å². The highest BCUT2D eigenvalue weighted by molar-refractivity contribution is 6.30. The maximum Gasteiger partial charge on any atom is 0.411 e. The molecule has 0 radical (unpaired) electrons. The van der Waals surface area contributed by atoms with Crippen molar-refractivity contribution in [1.29, 1.82) is 5.41 Å². The molecular weight excluding hydrogens is 470 g/mol. The third kappa shape index (κ3) is 5.08. The van der Waals surface area contributed by atoms with E-state index >= 15 is 0 Å². The molecule has 10 nitrogen and oxygen atoms in total. The summed E-state index contributed by atoms with van der Waals surface area (Å²) in [7, 11) is 0. The van der Waals surface area contributed by atoms with Crippen molar-refractivity contribution in [2.75, 3.05) is 31.2 Å². The summed E-state index contributed by atoms with van der Waals surface area (Å²) in [5.74, 6) is 0.745. The van der Waals surface area contributed by atoms with E-state index in [0.717, 1.165) is 36.7 Å².